The minimum Gasteiger partial charge on any atom is -0.466 e. The number of hydrogen-bond acceptors (Lipinski definition) is 4. The second kappa shape index (κ2) is 7.33. The van der Waals surface area contributed by atoms with Crippen molar-refractivity contribution in [2.24, 2.45) is 0 Å². The predicted molar refractivity (Wildman–Crippen MR) is 101 cm³/mol. The molecule has 2 heterocycles. The Morgan fingerprint density at radius 3 is 2.73 bits per heavy atom. The van der Waals surface area contributed by atoms with Crippen molar-refractivity contribution < 1.29 is 9.21 Å². The number of hydrogen-bond donors (Lipinski definition) is 1. The maximum Gasteiger partial charge on any atom is 0.258 e. The lowest BCUT2D eigenvalue weighted by Crippen LogP contribution is -2.33. The molecule has 0 saturated heterocycles. The molecule has 7 heteroatoms. The van der Waals surface area contributed by atoms with Gasteiger partial charge in [-0.3, -0.25) is 9.59 Å². The number of aryl methyl sites for hydroxylation is 2. The van der Waals surface area contributed by atoms with E-state index in [2.05, 4.69) is 9.97 Å². The van der Waals surface area contributed by atoms with Crippen molar-refractivity contribution in [3.8, 4) is 0 Å². The summed E-state index contributed by atoms with van der Waals surface area (Å²) in [4.78, 5) is 34.1. The zero-order valence-corrected chi connectivity index (χ0v) is 15.7. The number of rotatable bonds is 5. The van der Waals surface area contributed by atoms with Gasteiger partial charge in [0, 0.05) is 11.6 Å². The van der Waals surface area contributed by atoms with Crippen LogP contribution in [0.3, 0.4) is 0 Å². The first-order chi connectivity index (χ1) is 12.4. The van der Waals surface area contributed by atoms with E-state index in [1.807, 2.05) is 6.92 Å². The summed E-state index contributed by atoms with van der Waals surface area (Å²) < 4.78 is 5.47. The number of carbonyl (C=O) groups is 1. The molecule has 3 rings (SSSR count). The van der Waals surface area contributed by atoms with Gasteiger partial charge in [-0.2, -0.15) is 0 Å². The average Bonchev–Trinajstić information content (AvgIpc) is 2.91. The van der Waals surface area contributed by atoms with E-state index in [-0.39, 0.29) is 18.0 Å². The number of nitrogens with zero attached hydrogens (tertiary/aromatic N) is 2. The molecule has 1 N–H and O–H groups in total. The van der Waals surface area contributed by atoms with Gasteiger partial charge in [-0.15, -0.1) is 0 Å². The number of fused-ring (bicyclic) bond motifs is 1. The molecular formula is C19H20ClN3O3. The van der Waals surface area contributed by atoms with Crippen molar-refractivity contribution in [3.63, 3.8) is 0 Å². The van der Waals surface area contributed by atoms with Crippen LogP contribution in [-0.2, 0) is 6.54 Å². The molecule has 0 saturated carbocycles. The molecule has 0 aliphatic heterocycles. The van der Waals surface area contributed by atoms with Gasteiger partial charge in [-0.1, -0.05) is 18.5 Å². The lowest BCUT2D eigenvalue weighted by molar-refractivity contribution is 0.0737. The highest BCUT2D eigenvalue weighted by Gasteiger charge is 2.21. The maximum absolute atomic E-state index is 12.9. The van der Waals surface area contributed by atoms with Crippen LogP contribution < -0.4 is 5.56 Å². The van der Waals surface area contributed by atoms with E-state index in [0.29, 0.717) is 45.4 Å². The molecule has 0 spiro atoms. The summed E-state index contributed by atoms with van der Waals surface area (Å²) in [6.07, 6.45) is 0.783. The zero-order valence-electron chi connectivity index (χ0n) is 14.9. The lowest BCUT2D eigenvalue weighted by atomic mass is 10.2. The van der Waals surface area contributed by atoms with E-state index in [9.17, 15) is 9.59 Å². The van der Waals surface area contributed by atoms with Gasteiger partial charge in [0.25, 0.3) is 11.5 Å². The molecule has 0 bridgehead atoms. The molecule has 26 heavy (non-hydrogen) atoms. The molecule has 0 aliphatic rings. The van der Waals surface area contributed by atoms with Crippen LogP contribution in [0.25, 0.3) is 10.9 Å². The fraction of sp³-hybridized carbons (Fsp3) is 0.316. The quantitative estimate of drug-likeness (QED) is 0.736. The summed E-state index contributed by atoms with van der Waals surface area (Å²) >= 11 is 6.00. The molecule has 1 amide bonds. The topological polar surface area (TPSA) is 79.2 Å². The predicted octanol–water partition coefficient (Wildman–Crippen LogP) is 3.84. The van der Waals surface area contributed by atoms with Gasteiger partial charge >= 0.3 is 0 Å². The van der Waals surface area contributed by atoms with Gasteiger partial charge in [0.05, 0.1) is 23.0 Å². The van der Waals surface area contributed by atoms with E-state index >= 15 is 0 Å². The largest absolute Gasteiger partial charge is 0.466 e. The molecule has 0 radical (unpaired) electrons. The van der Waals surface area contributed by atoms with Crippen LogP contribution in [0.4, 0.5) is 0 Å². The van der Waals surface area contributed by atoms with Crippen molar-refractivity contribution in [2.45, 2.75) is 33.7 Å². The van der Waals surface area contributed by atoms with E-state index in [4.69, 9.17) is 16.0 Å². The third kappa shape index (κ3) is 3.65. The normalized spacial score (nSPS) is 11.1. The van der Waals surface area contributed by atoms with Gasteiger partial charge in [0.2, 0.25) is 0 Å². The standard InChI is InChI=1S/C19H20ClN3O3/c1-4-7-23(19(25)15-8-11(2)26-12(15)3)10-17-21-16-9-13(20)5-6-14(16)18(24)22-17/h5-6,8-9H,4,7,10H2,1-3H3,(H,21,22,24). The number of amides is 1. The van der Waals surface area contributed by atoms with Gasteiger partial charge in [0.1, 0.15) is 17.3 Å². The van der Waals surface area contributed by atoms with E-state index in [1.54, 1.807) is 43.0 Å². The Labute approximate surface area is 155 Å². The first kappa shape index (κ1) is 18.2. The number of aromatic nitrogens is 2. The fourth-order valence-electron chi connectivity index (χ4n) is 2.95. The Kier molecular flexibility index (Phi) is 5.13. The minimum absolute atomic E-state index is 0.143. The molecule has 0 atom stereocenters. The van der Waals surface area contributed by atoms with E-state index in [1.165, 1.54) is 0 Å². The number of aromatic amines is 1. The Balaban J connectivity index is 1.95. The smallest absolute Gasteiger partial charge is 0.258 e. The van der Waals surface area contributed by atoms with Crippen LogP contribution in [-0.4, -0.2) is 27.3 Å². The SMILES string of the molecule is CCCN(Cc1nc2cc(Cl)ccc2c(=O)[nH]1)C(=O)c1cc(C)oc1C. The van der Waals surface area contributed by atoms with Crippen molar-refractivity contribution in [1.82, 2.24) is 14.9 Å². The third-order valence-corrected chi connectivity index (χ3v) is 4.35. The van der Waals surface area contributed by atoms with Crippen molar-refractivity contribution in [2.75, 3.05) is 6.54 Å². The fourth-order valence-corrected chi connectivity index (χ4v) is 3.12. The van der Waals surface area contributed by atoms with Crippen molar-refractivity contribution >= 4 is 28.4 Å². The number of carbonyl (C=O) groups excluding carboxylic acids is 1. The molecule has 1 aromatic carbocycles. The van der Waals surface area contributed by atoms with Crippen LogP contribution in [0.5, 0.6) is 0 Å². The summed E-state index contributed by atoms with van der Waals surface area (Å²) in [5.41, 5.74) is 0.790. The summed E-state index contributed by atoms with van der Waals surface area (Å²) in [7, 11) is 0. The van der Waals surface area contributed by atoms with E-state index in [0.717, 1.165) is 6.42 Å². The molecule has 136 valence electrons. The Hall–Kier alpha value is -2.60. The second-order valence-electron chi connectivity index (χ2n) is 6.23. The van der Waals surface area contributed by atoms with E-state index < -0.39 is 0 Å². The summed E-state index contributed by atoms with van der Waals surface area (Å²) in [6.45, 7) is 6.31. The van der Waals surface area contributed by atoms with Crippen LogP contribution in [0.2, 0.25) is 5.02 Å². The molecule has 0 aliphatic carbocycles. The number of nitrogens with one attached hydrogen (secondary N) is 1. The average molecular weight is 374 g/mol. The first-order valence-corrected chi connectivity index (χ1v) is 8.81. The molecule has 3 aromatic rings. The summed E-state index contributed by atoms with van der Waals surface area (Å²) in [5.74, 6) is 1.55. The van der Waals surface area contributed by atoms with Crippen LogP contribution in [0.15, 0.2) is 33.5 Å². The number of benzene rings is 1. The minimum atomic E-state index is -0.249. The van der Waals surface area contributed by atoms with Gasteiger partial charge in [-0.25, -0.2) is 4.98 Å². The van der Waals surface area contributed by atoms with Gasteiger partial charge in [0.15, 0.2) is 0 Å². The second-order valence-corrected chi connectivity index (χ2v) is 6.66. The number of H-pyrrole nitrogens is 1. The first-order valence-electron chi connectivity index (χ1n) is 8.43. The Morgan fingerprint density at radius 2 is 2.08 bits per heavy atom. The van der Waals surface area contributed by atoms with Crippen molar-refractivity contribution in [1.29, 1.82) is 0 Å². The molecule has 0 fully saturated rings. The van der Waals surface area contributed by atoms with Gasteiger partial charge in [-0.05, 0) is 44.5 Å². The molecule has 6 nitrogen and oxygen atoms in total. The Bertz CT molecular complexity index is 1020. The lowest BCUT2D eigenvalue weighted by Gasteiger charge is -2.21. The monoisotopic (exact) mass is 373 g/mol. The van der Waals surface area contributed by atoms with Crippen LogP contribution in [0.1, 0.15) is 41.0 Å². The Morgan fingerprint density at radius 1 is 1.31 bits per heavy atom. The highest BCUT2D eigenvalue weighted by molar-refractivity contribution is 6.31. The highest BCUT2D eigenvalue weighted by atomic mass is 35.5. The van der Waals surface area contributed by atoms with Crippen LogP contribution in [0, 0.1) is 13.8 Å². The summed E-state index contributed by atoms with van der Waals surface area (Å²) in [6, 6.07) is 6.67. The van der Waals surface area contributed by atoms with Crippen LogP contribution >= 0.6 is 11.6 Å². The van der Waals surface area contributed by atoms with Crippen molar-refractivity contribution in [3.05, 3.63) is 62.6 Å². The number of furan rings is 1. The molecular weight excluding hydrogens is 354 g/mol. The maximum atomic E-state index is 12.9. The third-order valence-electron chi connectivity index (χ3n) is 4.11. The number of halogens is 1. The summed E-state index contributed by atoms with van der Waals surface area (Å²) in [5, 5.41) is 0.973. The highest BCUT2D eigenvalue weighted by Crippen LogP contribution is 2.18. The zero-order chi connectivity index (χ0) is 18.8. The van der Waals surface area contributed by atoms with Gasteiger partial charge < -0.3 is 14.3 Å². The molecule has 2 aromatic heterocycles. The molecule has 0 unspecified atom stereocenters.